The Morgan fingerprint density at radius 2 is 1.90 bits per heavy atom. The van der Waals surface area contributed by atoms with Crippen LogP contribution in [0.1, 0.15) is 82.2 Å². The number of hydrogen-bond acceptors (Lipinski definition) is 7. The van der Waals surface area contributed by atoms with Gasteiger partial charge in [-0.05, 0) is 68.1 Å². The lowest BCUT2D eigenvalue weighted by atomic mass is 9.80. The van der Waals surface area contributed by atoms with E-state index in [2.05, 4.69) is 41.1 Å². The van der Waals surface area contributed by atoms with E-state index in [0.717, 1.165) is 36.4 Å². The van der Waals surface area contributed by atoms with Gasteiger partial charge in [0.2, 0.25) is 0 Å². The number of hydrogen-bond donors (Lipinski definition) is 3. The highest BCUT2D eigenvalue weighted by Gasteiger charge is 2.31. The van der Waals surface area contributed by atoms with Crippen molar-refractivity contribution in [2.75, 3.05) is 5.32 Å². The number of carbonyl (C=O) groups is 1. The number of imidazole rings is 1. The molecule has 0 bridgehead atoms. The minimum atomic E-state index is -0.685. The van der Waals surface area contributed by atoms with Crippen LogP contribution in [0.5, 0.6) is 0 Å². The molecule has 1 saturated heterocycles. The number of fused-ring (bicyclic) bond motifs is 1. The van der Waals surface area contributed by atoms with Gasteiger partial charge in [0, 0.05) is 18.2 Å². The van der Waals surface area contributed by atoms with Crippen LogP contribution in [0.15, 0.2) is 30.8 Å². The number of benzene rings is 1. The summed E-state index contributed by atoms with van der Waals surface area (Å²) in [4.78, 5) is 31.3. The monoisotopic (exact) mass is 533 g/mol. The van der Waals surface area contributed by atoms with Crippen molar-refractivity contribution in [1.29, 1.82) is 0 Å². The van der Waals surface area contributed by atoms with E-state index in [-0.39, 0.29) is 11.9 Å². The van der Waals surface area contributed by atoms with E-state index >= 15 is 0 Å². The van der Waals surface area contributed by atoms with Crippen LogP contribution in [0, 0.1) is 23.6 Å². The Morgan fingerprint density at radius 3 is 2.54 bits per heavy atom. The summed E-state index contributed by atoms with van der Waals surface area (Å²) < 4.78 is 15.9. The summed E-state index contributed by atoms with van der Waals surface area (Å²) in [6.45, 7) is 9.66. The van der Waals surface area contributed by atoms with Crippen LogP contribution in [0.25, 0.3) is 16.7 Å². The van der Waals surface area contributed by atoms with Gasteiger partial charge in [0.15, 0.2) is 23.5 Å². The molecule has 3 aromatic rings. The Hall–Kier alpha value is -3.53. The molecule has 1 amide bonds. The molecule has 1 aromatic carbocycles. The first-order chi connectivity index (χ1) is 18.9. The van der Waals surface area contributed by atoms with Gasteiger partial charge in [-0.15, -0.1) is 5.48 Å². The second-order valence-electron chi connectivity index (χ2n) is 11.5. The molecule has 3 aliphatic rings. The number of anilines is 1. The molecule has 1 unspecified atom stereocenters. The third-order valence-electron chi connectivity index (χ3n) is 8.67. The molecule has 2 saturated carbocycles. The average Bonchev–Trinajstić information content (AvgIpc) is 3.48. The Labute approximate surface area is 227 Å². The van der Waals surface area contributed by atoms with E-state index in [4.69, 9.17) is 19.8 Å². The van der Waals surface area contributed by atoms with Crippen LogP contribution in [-0.2, 0) is 11.4 Å². The molecule has 0 spiro atoms. The normalized spacial score (nSPS) is 24.2. The van der Waals surface area contributed by atoms with E-state index in [1.54, 1.807) is 12.1 Å². The zero-order chi connectivity index (χ0) is 27.1. The summed E-state index contributed by atoms with van der Waals surface area (Å²) in [5.41, 5.74) is 5.51. The van der Waals surface area contributed by atoms with Crippen LogP contribution in [0.3, 0.4) is 0 Å². The molecule has 2 aliphatic carbocycles. The van der Waals surface area contributed by atoms with Gasteiger partial charge in [0.1, 0.15) is 17.2 Å². The van der Waals surface area contributed by atoms with Gasteiger partial charge in [-0.25, -0.2) is 24.1 Å². The van der Waals surface area contributed by atoms with Gasteiger partial charge >= 0.3 is 6.09 Å². The predicted molar refractivity (Wildman–Crippen MR) is 147 cm³/mol. The number of aromatic nitrogens is 4. The second kappa shape index (κ2) is 10.6. The Kier molecular flexibility index (Phi) is 6.97. The number of carbonyl (C=O) groups excluding carboxylic acids is 1. The van der Waals surface area contributed by atoms with E-state index in [0.29, 0.717) is 40.5 Å². The molecule has 0 radical (unpaired) electrons. The fourth-order valence-electron chi connectivity index (χ4n) is 5.92. The third-order valence-corrected chi connectivity index (χ3v) is 8.67. The Bertz CT molecular complexity index is 1380. The van der Waals surface area contributed by atoms with Crippen molar-refractivity contribution in [2.24, 2.45) is 17.8 Å². The lowest BCUT2D eigenvalue weighted by Gasteiger charge is -2.32. The number of nitrogens with one attached hydrogen (secondary N) is 3. The van der Waals surface area contributed by atoms with Crippen molar-refractivity contribution in [2.45, 2.75) is 77.5 Å². The van der Waals surface area contributed by atoms with Gasteiger partial charge < -0.3 is 14.7 Å². The predicted octanol–water partition coefficient (Wildman–Crippen LogP) is 5.70. The highest BCUT2D eigenvalue weighted by atomic mass is 19.1. The molecule has 3 N–H and O–H groups in total. The molecule has 3 heterocycles. The SMILES string of the molecule is C=C(c1ccc(F)cc1)c1nc2nc(C3NOC(=O)N3)nc(N[C@H](C)C3CCC3)c2n1CC1CCC(C)CC1. The summed E-state index contributed by atoms with van der Waals surface area (Å²) in [5, 5.41) is 6.37. The first-order valence-corrected chi connectivity index (χ1v) is 14.1. The maximum Gasteiger partial charge on any atom is 0.427 e. The van der Waals surface area contributed by atoms with Crippen molar-refractivity contribution in [3.05, 3.63) is 53.9 Å². The number of nitrogens with zero attached hydrogens (tertiary/aromatic N) is 4. The number of halogens is 1. The average molecular weight is 534 g/mol. The molecular weight excluding hydrogens is 497 g/mol. The lowest BCUT2D eigenvalue weighted by molar-refractivity contribution is 0.120. The largest absolute Gasteiger partial charge is 0.427 e. The zero-order valence-electron chi connectivity index (χ0n) is 22.5. The summed E-state index contributed by atoms with van der Waals surface area (Å²) in [6.07, 6.45) is 7.09. The molecular formula is C29H36FN7O2. The smallest absolute Gasteiger partial charge is 0.365 e. The minimum absolute atomic E-state index is 0.217. The zero-order valence-corrected chi connectivity index (χ0v) is 22.5. The van der Waals surface area contributed by atoms with Gasteiger partial charge in [-0.3, -0.25) is 5.32 Å². The van der Waals surface area contributed by atoms with Crippen molar-refractivity contribution >= 4 is 28.6 Å². The van der Waals surface area contributed by atoms with Crippen molar-refractivity contribution in [3.63, 3.8) is 0 Å². The summed E-state index contributed by atoms with van der Waals surface area (Å²) in [5.74, 6) is 3.28. The molecule has 39 heavy (non-hydrogen) atoms. The summed E-state index contributed by atoms with van der Waals surface area (Å²) in [6, 6.07) is 6.56. The van der Waals surface area contributed by atoms with E-state index < -0.39 is 12.3 Å². The quantitative estimate of drug-likeness (QED) is 0.341. The van der Waals surface area contributed by atoms with E-state index in [1.807, 2.05) is 0 Å². The number of hydroxylamine groups is 1. The Balaban J connectivity index is 1.47. The maximum absolute atomic E-state index is 13.7. The van der Waals surface area contributed by atoms with Gasteiger partial charge in [0.05, 0.1) is 0 Å². The molecule has 10 heteroatoms. The van der Waals surface area contributed by atoms with Crippen LogP contribution in [-0.4, -0.2) is 31.7 Å². The minimum Gasteiger partial charge on any atom is -0.365 e. The van der Waals surface area contributed by atoms with E-state index in [9.17, 15) is 9.18 Å². The third kappa shape index (κ3) is 5.22. The molecule has 2 atom stereocenters. The van der Waals surface area contributed by atoms with Crippen LogP contribution in [0.2, 0.25) is 0 Å². The fraction of sp³-hybridized carbons (Fsp3) is 0.517. The second-order valence-corrected chi connectivity index (χ2v) is 11.5. The Morgan fingerprint density at radius 1 is 1.15 bits per heavy atom. The first kappa shape index (κ1) is 25.7. The molecule has 206 valence electrons. The molecule has 1 aliphatic heterocycles. The van der Waals surface area contributed by atoms with Gasteiger partial charge in [0.25, 0.3) is 0 Å². The highest BCUT2D eigenvalue weighted by molar-refractivity contribution is 5.88. The standard InChI is InChI=1S/C29H36FN7O2/c1-16-7-9-19(10-8-16)15-37-23-24(31-18(3)21-5-4-6-21)32-26(27-35-29(38)39-36-27)33-25(23)34-28(37)17(2)20-11-13-22(30)14-12-20/h11-14,16,18-19,21,27,36H,2,4-10,15H2,1,3H3,(H,35,38)(H,31,32,33)/t16?,18-,19?,27?/m1/s1. The molecule has 3 fully saturated rings. The molecule has 6 rings (SSSR count). The lowest BCUT2D eigenvalue weighted by Crippen LogP contribution is -2.32. The number of rotatable bonds is 8. The van der Waals surface area contributed by atoms with E-state index in [1.165, 1.54) is 44.2 Å². The van der Waals surface area contributed by atoms with Crippen molar-refractivity contribution < 1.29 is 14.0 Å². The number of amides is 1. The maximum atomic E-state index is 13.7. The first-order valence-electron chi connectivity index (χ1n) is 14.1. The summed E-state index contributed by atoms with van der Waals surface area (Å²) in [7, 11) is 0. The molecule has 2 aromatic heterocycles. The van der Waals surface area contributed by atoms with Crippen LogP contribution < -0.4 is 16.1 Å². The van der Waals surface area contributed by atoms with Gasteiger partial charge in [-0.2, -0.15) is 0 Å². The highest BCUT2D eigenvalue weighted by Crippen LogP contribution is 2.36. The van der Waals surface area contributed by atoms with Crippen LogP contribution >= 0.6 is 0 Å². The van der Waals surface area contributed by atoms with Gasteiger partial charge in [-0.1, -0.05) is 44.9 Å². The topological polar surface area (TPSA) is 106 Å². The van der Waals surface area contributed by atoms with Crippen LogP contribution in [0.4, 0.5) is 15.0 Å². The fourth-order valence-corrected chi connectivity index (χ4v) is 5.92. The molecule has 9 nitrogen and oxygen atoms in total. The van der Waals surface area contributed by atoms with Crippen molar-refractivity contribution in [3.8, 4) is 0 Å². The van der Waals surface area contributed by atoms with Crippen molar-refractivity contribution in [1.82, 2.24) is 30.3 Å². The summed E-state index contributed by atoms with van der Waals surface area (Å²) >= 11 is 0.